The van der Waals surface area contributed by atoms with Crippen molar-refractivity contribution in [3.05, 3.63) is 53.3 Å². The van der Waals surface area contributed by atoms with Crippen molar-refractivity contribution >= 4 is 58.6 Å². The molecule has 1 aromatic heterocycles. The maximum absolute atomic E-state index is 14.4. The van der Waals surface area contributed by atoms with E-state index in [1.54, 1.807) is 12.1 Å². The summed E-state index contributed by atoms with van der Waals surface area (Å²) >= 11 is 6.06. The normalized spacial score (nSPS) is 13.5. The van der Waals surface area contributed by atoms with Gasteiger partial charge in [-0.15, -0.1) is 0 Å². The number of nitrogens with zero attached hydrogens (tertiary/aromatic N) is 5. The third-order valence-corrected chi connectivity index (χ3v) is 7.35. The van der Waals surface area contributed by atoms with E-state index in [1.807, 2.05) is 30.9 Å². The Balaban J connectivity index is 1.73. The molecule has 1 aliphatic rings. The Bertz CT molecular complexity index is 1550. The Morgan fingerprint density at radius 2 is 1.77 bits per heavy atom. The van der Waals surface area contributed by atoms with Crippen molar-refractivity contribution < 1.29 is 28.6 Å². The van der Waals surface area contributed by atoms with Crippen molar-refractivity contribution in [3.63, 3.8) is 0 Å². The molecule has 1 aliphatic carbocycles. The van der Waals surface area contributed by atoms with Crippen LogP contribution in [0.3, 0.4) is 0 Å². The SMILES string of the molecule is C=CC(=O)Nc1cc(Nc2nc(Nc3cc(Cl)c(F)cc3C3(O)CCC3)nc(OC=O)n2)c(OC)cc1N(C)CCN(C)C. The average Bonchev–Trinajstić information content (AvgIpc) is 2.96. The number of benzene rings is 2. The van der Waals surface area contributed by atoms with E-state index in [0.717, 1.165) is 19.0 Å². The van der Waals surface area contributed by atoms with E-state index >= 15 is 0 Å². The van der Waals surface area contributed by atoms with Crippen molar-refractivity contribution in [2.75, 3.05) is 62.2 Å². The second-order valence-electron chi connectivity index (χ2n) is 10.4. The first-order valence-electron chi connectivity index (χ1n) is 13.6. The topological polar surface area (TPSA) is 154 Å². The minimum atomic E-state index is -1.24. The van der Waals surface area contributed by atoms with Crippen LogP contribution in [0.5, 0.6) is 11.8 Å². The predicted molar refractivity (Wildman–Crippen MR) is 166 cm³/mol. The lowest BCUT2D eigenvalue weighted by Gasteiger charge is -2.38. The minimum Gasteiger partial charge on any atom is -0.494 e. The maximum atomic E-state index is 14.4. The number of carbonyl (C=O) groups excluding carboxylic acids is 2. The van der Waals surface area contributed by atoms with E-state index in [4.69, 9.17) is 21.1 Å². The fraction of sp³-hybridized carbons (Fsp3) is 0.345. The second-order valence-corrected chi connectivity index (χ2v) is 10.8. The van der Waals surface area contributed by atoms with Gasteiger partial charge in [0.15, 0.2) is 0 Å². The van der Waals surface area contributed by atoms with Gasteiger partial charge in [-0.25, -0.2) is 4.39 Å². The number of nitrogens with one attached hydrogen (secondary N) is 3. The van der Waals surface area contributed by atoms with Crippen molar-refractivity contribution in [2.45, 2.75) is 24.9 Å². The number of aliphatic hydroxyl groups is 1. The zero-order valence-electron chi connectivity index (χ0n) is 24.8. The molecule has 15 heteroatoms. The molecule has 4 rings (SSSR count). The molecule has 3 aromatic rings. The first-order chi connectivity index (χ1) is 21.0. The van der Waals surface area contributed by atoms with Gasteiger partial charge in [0, 0.05) is 37.5 Å². The Kier molecular flexibility index (Phi) is 10.2. The minimum absolute atomic E-state index is 0.0653. The molecule has 1 saturated carbocycles. The number of anilines is 6. The number of methoxy groups -OCH3 is 1. The van der Waals surface area contributed by atoms with Crippen molar-refractivity contribution in [2.24, 2.45) is 0 Å². The lowest BCUT2D eigenvalue weighted by Crippen LogP contribution is -2.34. The average molecular weight is 629 g/mol. The van der Waals surface area contributed by atoms with Crippen LogP contribution in [0.15, 0.2) is 36.9 Å². The van der Waals surface area contributed by atoms with Crippen molar-refractivity contribution in [1.29, 1.82) is 0 Å². The van der Waals surface area contributed by atoms with Crippen LogP contribution in [0.4, 0.5) is 39.0 Å². The van der Waals surface area contributed by atoms with Gasteiger partial charge in [0.1, 0.15) is 11.6 Å². The molecule has 234 valence electrons. The van der Waals surface area contributed by atoms with Crippen LogP contribution in [0.25, 0.3) is 0 Å². The molecule has 0 spiro atoms. The molecule has 0 unspecified atom stereocenters. The van der Waals surface area contributed by atoms with Crippen molar-refractivity contribution in [3.8, 4) is 11.8 Å². The molecule has 13 nitrogen and oxygen atoms in total. The number of rotatable bonds is 14. The molecule has 0 saturated heterocycles. The third kappa shape index (κ3) is 7.51. The van der Waals surface area contributed by atoms with Gasteiger partial charge in [0.2, 0.25) is 17.8 Å². The van der Waals surface area contributed by atoms with E-state index in [1.165, 1.54) is 19.2 Å². The number of ether oxygens (including phenoxy) is 2. The van der Waals surface area contributed by atoms with E-state index in [2.05, 4.69) is 37.5 Å². The van der Waals surface area contributed by atoms with Crippen LogP contribution in [0, 0.1) is 5.82 Å². The van der Waals surface area contributed by atoms with E-state index in [9.17, 15) is 19.1 Å². The lowest BCUT2D eigenvalue weighted by molar-refractivity contribution is -0.121. The first kappa shape index (κ1) is 32.4. The molecule has 2 aromatic carbocycles. The zero-order valence-corrected chi connectivity index (χ0v) is 25.5. The van der Waals surface area contributed by atoms with Gasteiger partial charge in [-0.3, -0.25) is 9.59 Å². The third-order valence-electron chi connectivity index (χ3n) is 7.06. The number of hydrogen-bond donors (Lipinski definition) is 4. The highest BCUT2D eigenvalue weighted by molar-refractivity contribution is 6.31. The monoisotopic (exact) mass is 628 g/mol. The summed E-state index contributed by atoms with van der Waals surface area (Å²) in [5.41, 5.74) is 0.810. The van der Waals surface area contributed by atoms with Crippen molar-refractivity contribution in [1.82, 2.24) is 19.9 Å². The number of hydrogen-bond acceptors (Lipinski definition) is 12. The summed E-state index contributed by atoms with van der Waals surface area (Å²) in [4.78, 5) is 40.1. The van der Waals surface area contributed by atoms with Crippen LogP contribution in [0.1, 0.15) is 24.8 Å². The number of likely N-dealkylation sites (N-methyl/N-ethyl adjacent to an activating group) is 2. The molecule has 1 amide bonds. The predicted octanol–water partition coefficient (Wildman–Crippen LogP) is 4.19. The lowest BCUT2D eigenvalue weighted by atomic mass is 9.74. The molecule has 0 bridgehead atoms. The van der Waals surface area contributed by atoms with Crippen LogP contribution in [0.2, 0.25) is 5.02 Å². The second kappa shape index (κ2) is 13.8. The molecule has 0 aliphatic heterocycles. The summed E-state index contributed by atoms with van der Waals surface area (Å²) < 4.78 is 24.9. The van der Waals surface area contributed by atoms with Gasteiger partial charge in [-0.1, -0.05) is 18.2 Å². The fourth-order valence-electron chi connectivity index (χ4n) is 4.53. The first-order valence-corrected chi connectivity index (χ1v) is 14.0. The molecule has 0 atom stereocenters. The summed E-state index contributed by atoms with van der Waals surface area (Å²) in [6, 6.07) is 5.53. The molecule has 44 heavy (non-hydrogen) atoms. The van der Waals surface area contributed by atoms with E-state index < -0.39 is 17.3 Å². The van der Waals surface area contributed by atoms with Gasteiger partial charge in [-0.05, 0) is 57.6 Å². The van der Waals surface area contributed by atoms with Gasteiger partial charge >= 0.3 is 12.5 Å². The number of aromatic nitrogens is 3. The molecule has 1 heterocycles. The standard InChI is InChI=1S/C29H34ClFN8O5/c1-6-25(41)32-21-14-22(24(43-5)15-23(21)39(4)11-10-38(2)3)34-27-35-26(36-28(37-27)44-16-40)33-20-13-18(30)19(31)12-17(20)29(42)8-7-9-29/h6,12-16,42H,1,7-11H2,2-5H3,(H,32,41)(H2,33,34,35,36,37). The maximum Gasteiger partial charge on any atom is 0.330 e. The Hall–Kier alpha value is -4.53. The highest BCUT2D eigenvalue weighted by Gasteiger charge is 2.39. The fourth-order valence-corrected chi connectivity index (χ4v) is 4.69. The van der Waals surface area contributed by atoms with Crippen LogP contribution in [-0.2, 0) is 15.2 Å². The van der Waals surface area contributed by atoms with Gasteiger partial charge in [0.25, 0.3) is 0 Å². The van der Waals surface area contributed by atoms with E-state index in [0.29, 0.717) is 42.2 Å². The van der Waals surface area contributed by atoms with Crippen LogP contribution < -0.4 is 30.3 Å². The molecular formula is C29H34ClFN8O5. The van der Waals surface area contributed by atoms with Crippen LogP contribution >= 0.6 is 11.6 Å². The van der Waals surface area contributed by atoms with Gasteiger partial charge in [0.05, 0.1) is 34.8 Å². The number of amides is 1. The summed E-state index contributed by atoms with van der Waals surface area (Å²) in [6.45, 7) is 5.10. The highest BCUT2D eigenvalue weighted by atomic mass is 35.5. The van der Waals surface area contributed by atoms with Crippen LogP contribution in [-0.4, -0.2) is 78.7 Å². The number of halogens is 2. The summed E-state index contributed by atoms with van der Waals surface area (Å²) in [5.74, 6) is -0.868. The Morgan fingerprint density at radius 3 is 2.34 bits per heavy atom. The van der Waals surface area contributed by atoms with E-state index in [-0.39, 0.29) is 40.7 Å². The quantitative estimate of drug-likeness (QED) is 0.149. The zero-order chi connectivity index (χ0) is 32.0. The largest absolute Gasteiger partial charge is 0.494 e. The smallest absolute Gasteiger partial charge is 0.330 e. The summed E-state index contributed by atoms with van der Waals surface area (Å²) in [6.07, 6.45) is 2.82. The highest BCUT2D eigenvalue weighted by Crippen LogP contribution is 2.46. The summed E-state index contributed by atoms with van der Waals surface area (Å²) in [7, 11) is 7.29. The number of carbonyl (C=O) groups is 2. The molecule has 0 radical (unpaired) electrons. The van der Waals surface area contributed by atoms with Gasteiger partial charge < -0.3 is 40.3 Å². The van der Waals surface area contributed by atoms with Gasteiger partial charge in [-0.2, -0.15) is 15.0 Å². The summed E-state index contributed by atoms with van der Waals surface area (Å²) in [5, 5.41) is 19.6. The molecule has 1 fully saturated rings. The Morgan fingerprint density at radius 1 is 1.09 bits per heavy atom. The molecule has 4 N–H and O–H groups in total. The molecular weight excluding hydrogens is 595 g/mol. The Labute approximate surface area is 259 Å².